The number of fused-ring (bicyclic) bond motifs is 6. The van der Waals surface area contributed by atoms with Crippen LogP contribution < -0.4 is 10.6 Å². The number of halogens is 1. The van der Waals surface area contributed by atoms with Gasteiger partial charge in [0.25, 0.3) is 0 Å². The molecule has 2 atom stereocenters. The van der Waals surface area contributed by atoms with Crippen molar-refractivity contribution in [2.24, 2.45) is 5.73 Å². The van der Waals surface area contributed by atoms with Crippen LogP contribution in [0.4, 0.5) is 11.4 Å². The predicted octanol–water partition coefficient (Wildman–Crippen LogP) is 15.3. The molecule has 9 aromatic carbocycles. The normalized spacial score (nSPS) is 16.2. The molecule has 4 nitrogen and oxygen atoms in total. The van der Waals surface area contributed by atoms with Gasteiger partial charge in [-0.3, -0.25) is 0 Å². The molecule has 5 heteroatoms. The molecule has 0 fully saturated rings. The SMILES string of the molecule is NC1(c2cccc(-n3c4ccccc4c4ccccc43)c2)C=C(n2c3ccccc3c3ccccc32)C=C(N(c2ccc(-c3ccccc3)cc2)c2ccc(-c3ccccc3)cc2)C1Cl. The van der Waals surface area contributed by atoms with E-state index >= 15 is 0 Å². The van der Waals surface area contributed by atoms with Crippen LogP contribution in [0.15, 0.2) is 248 Å². The summed E-state index contributed by atoms with van der Waals surface area (Å²) in [6.07, 6.45) is 4.43. The number of rotatable bonds is 8. The molecule has 12 rings (SSSR count). The summed E-state index contributed by atoms with van der Waals surface area (Å²) in [5.41, 5.74) is 21.5. The van der Waals surface area contributed by atoms with Gasteiger partial charge >= 0.3 is 0 Å². The van der Waals surface area contributed by atoms with E-state index in [1.807, 2.05) is 0 Å². The van der Waals surface area contributed by atoms with Crippen LogP contribution in [0.1, 0.15) is 5.56 Å². The van der Waals surface area contributed by atoms with E-state index < -0.39 is 10.9 Å². The van der Waals surface area contributed by atoms with Crippen LogP contribution >= 0.6 is 11.6 Å². The maximum atomic E-state index is 8.11. The predicted molar refractivity (Wildman–Crippen MR) is 274 cm³/mol. The van der Waals surface area contributed by atoms with Crippen LogP contribution in [-0.2, 0) is 5.54 Å². The zero-order valence-electron chi connectivity index (χ0n) is 35.5. The Labute approximate surface area is 383 Å². The fourth-order valence-electron chi connectivity index (χ4n) is 10.00. The van der Waals surface area contributed by atoms with Crippen LogP contribution in [0.2, 0.25) is 0 Å². The van der Waals surface area contributed by atoms with Crippen molar-refractivity contribution in [2.75, 3.05) is 4.90 Å². The average molecular weight is 855 g/mol. The van der Waals surface area contributed by atoms with Gasteiger partial charge in [-0.15, -0.1) is 11.6 Å². The molecular formula is C60H43ClN4. The first-order valence-corrected chi connectivity index (χ1v) is 22.5. The van der Waals surface area contributed by atoms with E-state index in [4.69, 9.17) is 17.3 Å². The Morgan fingerprint density at radius 2 is 0.815 bits per heavy atom. The van der Waals surface area contributed by atoms with Crippen molar-refractivity contribution < 1.29 is 0 Å². The van der Waals surface area contributed by atoms with Crippen LogP contribution in [0.25, 0.3) is 77.2 Å². The van der Waals surface area contributed by atoms with Gasteiger partial charge < -0.3 is 19.8 Å². The highest BCUT2D eigenvalue weighted by Gasteiger charge is 2.42. The third kappa shape index (κ3) is 6.49. The van der Waals surface area contributed by atoms with Crippen LogP contribution in [0.5, 0.6) is 0 Å². The van der Waals surface area contributed by atoms with Gasteiger partial charge in [0.15, 0.2) is 0 Å². The molecule has 2 unspecified atom stereocenters. The van der Waals surface area contributed by atoms with Gasteiger partial charge in [-0.2, -0.15) is 0 Å². The van der Waals surface area contributed by atoms with Crippen LogP contribution in [0.3, 0.4) is 0 Å². The van der Waals surface area contributed by atoms with Crippen molar-refractivity contribution in [3.05, 3.63) is 254 Å². The molecule has 0 aliphatic heterocycles. The minimum absolute atomic E-state index is 0.713. The van der Waals surface area contributed by atoms with Crippen LogP contribution in [-0.4, -0.2) is 14.5 Å². The fraction of sp³-hybridized carbons (Fsp3) is 0.0333. The molecule has 2 N–H and O–H groups in total. The average Bonchev–Trinajstić information content (AvgIpc) is 3.89. The molecule has 0 radical (unpaired) electrons. The molecule has 0 spiro atoms. The zero-order valence-corrected chi connectivity index (χ0v) is 36.2. The quantitative estimate of drug-likeness (QED) is 0.155. The third-order valence-corrected chi connectivity index (χ3v) is 13.7. The first-order chi connectivity index (χ1) is 32.0. The summed E-state index contributed by atoms with van der Waals surface area (Å²) in [5, 5.41) is 4.04. The number of nitrogens with two attached hydrogens (primary N) is 1. The van der Waals surface area contributed by atoms with Gasteiger partial charge in [0.2, 0.25) is 0 Å². The highest BCUT2D eigenvalue weighted by molar-refractivity contribution is 6.24. The van der Waals surface area contributed by atoms with Crippen molar-refractivity contribution in [3.63, 3.8) is 0 Å². The molecule has 0 amide bonds. The Hall–Kier alpha value is -7.89. The number of aromatic nitrogens is 2. The molecule has 0 saturated carbocycles. The van der Waals surface area contributed by atoms with E-state index in [-0.39, 0.29) is 0 Å². The summed E-state index contributed by atoms with van der Waals surface area (Å²) in [6, 6.07) is 81.6. The number of para-hydroxylation sites is 4. The fourth-order valence-corrected chi connectivity index (χ4v) is 10.3. The summed E-state index contributed by atoms with van der Waals surface area (Å²) in [4.78, 5) is 2.29. The number of nitrogens with zero attached hydrogens (tertiary/aromatic N) is 3. The molecule has 1 aliphatic rings. The molecule has 11 aromatic rings. The van der Waals surface area contributed by atoms with E-state index in [1.54, 1.807) is 0 Å². The van der Waals surface area contributed by atoms with Gasteiger partial charge in [-0.1, -0.05) is 170 Å². The lowest BCUT2D eigenvalue weighted by Crippen LogP contribution is -2.49. The second kappa shape index (κ2) is 15.7. The first kappa shape index (κ1) is 38.8. The smallest absolute Gasteiger partial charge is 0.0999 e. The Morgan fingerprint density at radius 1 is 0.415 bits per heavy atom. The highest BCUT2D eigenvalue weighted by atomic mass is 35.5. The second-order valence-electron chi connectivity index (χ2n) is 16.9. The lowest BCUT2D eigenvalue weighted by atomic mass is 9.81. The highest BCUT2D eigenvalue weighted by Crippen LogP contribution is 2.46. The number of benzene rings is 9. The third-order valence-electron chi connectivity index (χ3n) is 13.1. The van der Waals surface area contributed by atoms with Crippen LogP contribution in [0, 0.1) is 0 Å². The first-order valence-electron chi connectivity index (χ1n) is 22.1. The minimum atomic E-state index is -1.19. The van der Waals surface area contributed by atoms with E-state index in [1.165, 1.54) is 21.5 Å². The number of hydrogen-bond donors (Lipinski definition) is 1. The lowest BCUT2D eigenvalue weighted by Gasteiger charge is -2.41. The zero-order chi connectivity index (χ0) is 43.5. The van der Waals surface area contributed by atoms with Gasteiger partial charge in [0.05, 0.1) is 33.0 Å². The molecule has 2 aromatic heterocycles. The van der Waals surface area contributed by atoms with Gasteiger partial charge in [-0.25, -0.2) is 0 Å². The number of hydrogen-bond acceptors (Lipinski definition) is 2. The minimum Gasteiger partial charge on any atom is -0.317 e. The number of anilines is 2. The maximum absolute atomic E-state index is 8.11. The van der Waals surface area contributed by atoms with E-state index in [0.717, 1.165) is 78.3 Å². The topological polar surface area (TPSA) is 39.1 Å². The summed E-state index contributed by atoms with van der Waals surface area (Å²) >= 11 is 8.11. The van der Waals surface area contributed by atoms with Gasteiger partial charge in [-0.05, 0) is 101 Å². The summed E-state index contributed by atoms with van der Waals surface area (Å²) in [5.74, 6) is 0. The van der Waals surface area contributed by atoms with Crippen molar-refractivity contribution in [1.29, 1.82) is 0 Å². The monoisotopic (exact) mass is 854 g/mol. The molecular weight excluding hydrogens is 812 g/mol. The summed E-state index contributed by atoms with van der Waals surface area (Å²) in [7, 11) is 0. The number of alkyl halides is 1. The van der Waals surface area contributed by atoms with Crippen molar-refractivity contribution in [1.82, 2.24) is 9.13 Å². The Balaban J connectivity index is 1.09. The second-order valence-corrected chi connectivity index (χ2v) is 17.3. The molecule has 1 aliphatic carbocycles. The molecule has 0 bridgehead atoms. The Bertz CT molecular complexity index is 3430. The molecule has 2 heterocycles. The maximum Gasteiger partial charge on any atom is 0.0999 e. The number of allylic oxidation sites excluding steroid dienone is 2. The van der Waals surface area contributed by atoms with Crippen molar-refractivity contribution in [2.45, 2.75) is 10.9 Å². The summed E-state index contributed by atoms with van der Waals surface area (Å²) < 4.78 is 4.69. The van der Waals surface area contributed by atoms with E-state index in [9.17, 15) is 0 Å². The Morgan fingerprint density at radius 3 is 1.28 bits per heavy atom. The van der Waals surface area contributed by atoms with Crippen molar-refractivity contribution >= 4 is 72.3 Å². The molecule has 0 saturated heterocycles. The Kier molecular flexibility index (Phi) is 9.38. The van der Waals surface area contributed by atoms with E-state index in [0.29, 0.717) is 0 Å². The molecule has 65 heavy (non-hydrogen) atoms. The van der Waals surface area contributed by atoms with Gasteiger partial charge in [0, 0.05) is 50.0 Å². The summed E-state index contributed by atoms with van der Waals surface area (Å²) in [6.45, 7) is 0. The molecule has 310 valence electrons. The largest absolute Gasteiger partial charge is 0.317 e. The van der Waals surface area contributed by atoms with E-state index in [2.05, 4.69) is 257 Å². The lowest BCUT2D eigenvalue weighted by molar-refractivity contribution is 0.551. The van der Waals surface area contributed by atoms with Crippen molar-refractivity contribution in [3.8, 4) is 27.9 Å². The standard InChI is InChI=1S/C60H43ClN4/c61-59-58(63(46-34-30-43(31-35-46)41-16-3-1-4-17-41)47-36-32-44(33-37-47)42-18-5-2-6-19-42)39-49(65-56-28-13-9-24-52(56)53-25-10-14-29-57(53)65)40-60(59,62)45-20-15-21-48(38-45)64-54-26-11-7-22-50(54)51-23-8-12-27-55(51)64/h1-40,59H,62H2. The van der Waals surface area contributed by atoms with Gasteiger partial charge in [0.1, 0.15) is 0 Å².